The highest BCUT2D eigenvalue weighted by Gasteiger charge is 2.08. The largest absolute Gasteiger partial charge is 0.497 e. The van der Waals surface area contributed by atoms with Gasteiger partial charge >= 0.3 is 0 Å². The Labute approximate surface area is 135 Å². The van der Waals surface area contributed by atoms with Gasteiger partial charge in [0, 0.05) is 18.7 Å². The number of carbonyl (C=O) groups excluding carboxylic acids is 1. The average molecular weight is 318 g/mol. The number of nitrogens with one attached hydrogen (secondary N) is 1. The minimum absolute atomic E-state index is 0.112. The van der Waals surface area contributed by atoms with Crippen molar-refractivity contribution in [3.63, 3.8) is 0 Å². The Morgan fingerprint density at radius 2 is 1.87 bits per heavy atom. The summed E-state index contributed by atoms with van der Waals surface area (Å²) in [6.07, 6.45) is 0.674. The van der Waals surface area contributed by atoms with Crippen LogP contribution in [-0.2, 0) is 17.8 Å². The van der Waals surface area contributed by atoms with Crippen LogP contribution >= 0.6 is 0 Å². The van der Waals surface area contributed by atoms with Crippen LogP contribution in [0.1, 0.15) is 11.3 Å². The first-order valence-electron chi connectivity index (χ1n) is 7.30. The van der Waals surface area contributed by atoms with Crippen LogP contribution in [-0.4, -0.2) is 36.5 Å². The first kappa shape index (κ1) is 16.7. The van der Waals surface area contributed by atoms with E-state index in [1.807, 2.05) is 25.1 Å². The Morgan fingerprint density at radius 1 is 1.22 bits per heavy atom. The molecular weight excluding hydrogens is 296 g/mol. The summed E-state index contributed by atoms with van der Waals surface area (Å²) in [5.74, 6) is 1.81. The van der Waals surface area contributed by atoms with Crippen molar-refractivity contribution in [3.05, 3.63) is 35.5 Å². The quantitative estimate of drug-likeness (QED) is 0.799. The summed E-state index contributed by atoms with van der Waals surface area (Å²) in [6, 6.07) is 7.38. The third-order valence-electron chi connectivity index (χ3n) is 3.37. The van der Waals surface area contributed by atoms with E-state index in [1.54, 1.807) is 20.3 Å². The highest BCUT2D eigenvalue weighted by molar-refractivity contribution is 5.76. The van der Waals surface area contributed by atoms with Gasteiger partial charge in [-0.1, -0.05) is 0 Å². The molecule has 0 bridgehead atoms. The number of aromatic nitrogens is 2. The highest BCUT2D eigenvalue weighted by atomic mass is 16.5. The fraction of sp³-hybridized carbons (Fsp3) is 0.375. The van der Waals surface area contributed by atoms with Gasteiger partial charge in [-0.25, -0.2) is 4.68 Å². The van der Waals surface area contributed by atoms with Crippen LogP contribution in [0.3, 0.4) is 0 Å². The number of nitrogen functional groups attached to an aromatic ring is 1. The number of aryl methyl sites for hydroxylation is 1. The molecule has 0 unspecified atom stereocenters. The molecule has 0 spiro atoms. The number of carbonyl (C=O) groups is 1. The van der Waals surface area contributed by atoms with E-state index in [0.717, 1.165) is 22.8 Å². The van der Waals surface area contributed by atoms with Gasteiger partial charge in [0.15, 0.2) is 0 Å². The second-order valence-corrected chi connectivity index (χ2v) is 5.19. The number of nitrogens with two attached hydrogens (primary N) is 1. The van der Waals surface area contributed by atoms with Crippen molar-refractivity contribution in [2.75, 3.05) is 26.5 Å². The van der Waals surface area contributed by atoms with Crippen LogP contribution in [0.4, 0.5) is 5.82 Å². The zero-order valence-corrected chi connectivity index (χ0v) is 13.6. The van der Waals surface area contributed by atoms with Gasteiger partial charge in [0.25, 0.3) is 0 Å². The first-order valence-corrected chi connectivity index (χ1v) is 7.30. The zero-order chi connectivity index (χ0) is 16.8. The van der Waals surface area contributed by atoms with Gasteiger partial charge in [0.2, 0.25) is 5.91 Å². The van der Waals surface area contributed by atoms with Crippen molar-refractivity contribution in [2.45, 2.75) is 19.9 Å². The molecule has 3 N–H and O–H groups in total. The van der Waals surface area contributed by atoms with Gasteiger partial charge in [-0.3, -0.25) is 4.79 Å². The Bertz CT molecular complexity index is 660. The standard InChI is InChI=1S/C16H22N4O3/c1-11-6-15(17)20(19-11)10-16(21)18-5-4-12-7-13(22-2)9-14(8-12)23-3/h6-9H,4-5,10,17H2,1-3H3,(H,18,21). The number of nitrogens with zero attached hydrogens (tertiary/aromatic N) is 2. The summed E-state index contributed by atoms with van der Waals surface area (Å²) in [7, 11) is 3.22. The summed E-state index contributed by atoms with van der Waals surface area (Å²) in [6.45, 7) is 2.46. The van der Waals surface area contributed by atoms with E-state index in [2.05, 4.69) is 10.4 Å². The highest BCUT2D eigenvalue weighted by Crippen LogP contribution is 2.22. The molecule has 0 aliphatic rings. The van der Waals surface area contributed by atoms with Crippen molar-refractivity contribution in [1.82, 2.24) is 15.1 Å². The molecule has 23 heavy (non-hydrogen) atoms. The molecule has 0 saturated heterocycles. The lowest BCUT2D eigenvalue weighted by atomic mass is 10.1. The van der Waals surface area contributed by atoms with Crippen LogP contribution in [0.5, 0.6) is 11.5 Å². The third-order valence-corrected chi connectivity index (χ3v) is 3.37. The monoisotopic (exact) mass is 318 g/mol. The number of hydrogen-bond donors (Lipinski definition) is 2. The molecule has 124 valence electrons. The second-order valence-electron chi connectivity index (χ2n) is 5.19. The lowest BCUT2D eigenvalue weighted by Crippen LogP contribution is -2.30. The van der Waals surface area contributed by atoms with Crippen molar-refractivity contribution in [1.29, 1.82) is 0 Å². The summed E-state index contributed by atoms with van der Waals surface area (Å²) in [5.41, 5.74) is 7.58. The molecule has 2 aromatic rings. The SMILES string of the molecule is COc1cc(CCNC(=O)Cn2nc(C)cc2N)cc(OC)c1. The number of ether oxygens (including phenoxy) is 2. The molecule has 1 aromatic heterocycles. The number of rotatable bonds is 7. The number of anilines is 1. The lowest BCUT2D eigenvalue weighted by molar-refractivity contribution is -0.121. The van der Waals surface area contributed by atoms with E-state index in [4.69, 9.17) is 15.2 Å². The minimum Gasteiger partial charge on any atom is -0.497 e. The van der Waals surface area contributed by atoms with Crippen molar-refractivity contribution >= 4 is 11.7 Å². The number of methoxy groups -OCH3 is 2. The van der Waals surface area contributed by atoms with Gasteiger partial charge in [-0.05, 0) is 31.0 Å². The molecule has 0 saturated carbocycles. The molecular formula is C16H22N4O3. The summed E-state index contributed by atoms with van der Waals surface area (Å²) < 4.78 is 11.9. The van der Waals surface area contributed by atoms with E-state index in [-0.39, 0.29) is 12.5 Å². The van der Waals surface area contributed by atoms with E-state index >= 15 is 0 Å². The normalized spacial score (nSPS) is 10.4. The number of hydrogen-bond acceptors (Lipinski definition) is 5. The lowest BCUT2D eigenvalue weighted by Gasteiger charge is -2.09. The minimum atomic E-state index is -0.130. The second kappa shape index (κ2) is 7.53. The van der Waals surface area contributed by atoms with E-state index in [0.29, 0.717) is 18.8 Å². The molecule has 1 heterocycles. The molecule has 7 nitrogen and oxygen atoms in total. The number of amides is 1. The average Bonchev–Trinajstić information content (AvgIpc) is 2.84. The molecule has 2 rings (SSSR count). The van der Waals surface area contributed by atoms with Gasteiger partial charge in [0.1, 0.15) is 23.9 Å². The first-order chi connectivity index (χ1) is 11.0. The predicted molar refractivity (Wildman–Crippen MR) is 87.6 cm³/mol. The van der Waals surface area contributed by atoms with Gasteiger partial charge in [-0.15, -0.1) is 0 Å². The van der Waals surface area contributed by atoms with Crippen LogP contribution < -0.4 is 20.5 Å². The Morgan fingerprint density at radius 3 is 2.39 bits per heavy atom. The summed E-state index contributed by atoms with van der Waals surface area (Å²) in [5, 5.41) is 7.01. The number of benzene rings is 1. The maximum atomic E-state index is 11.9. The maximum absolute atomic E-state index is 11.9. The molecule has 0 aliphatic carbocycles. The van der Waals surface area contributed by atoms with Crippen molar-refractivity contribution < 1.29 is 14.3 Å². The van der Waals surface area contributed by atoms with E-state index in [1.165, 1.54) is 4.68 Å². The van der Waals surface area contributed by atoms with E-state index in [9.17, 15) is 4.79 Å². The molecule has 0 aliphatic heterocycles. The Kier molecular flexibility index (Phi) is 5.46. The van der Waals surface area contributed by atoms with Crippen molar-refractivity contribution in [2.24, 2.45) is 0 Å². The molecule has 1 amide bonds. The summed E-state index contributed by atoms with van der Waals surface area (Å²) in [4.78, 5) is 11.9. The Balaban J connectivity index is 1.87. The van der Waals surface area contributed by atoms with Crippen LogP contribution in [0, 0.1) is 6.92 Å². The predicted octanol–water partition coefficient (Wildman–Crippen LogP) is 1.15. The Hall–Kier alpha value is -2.70. The smallest absolute Gasteiger partial charge is 0.241 e. The summed E-state index contributed by atoms with van der Waals surface area (Å²) >= 11 is 0. The van der Waals surface area contributed by atoms with Crippen molar-refractivity contribution in [3.8, 4) is 11.5 Å². The van der Waals surface area contributed by atoms with Gasteiger partial charge in [0.05, 0.1) is 19.9 Å². The van der Waals surface area contributed by atoms with Crippen LogP contribution in [0.2, 0.25) is 0 Å². The molecule has 0 atom stereocenters. The molecule has 0 radical (unpaired) electrons. The molecule has 0 fully saturated rings. The van der Waals surface area contributed by atoms with Crippen LogP contribution in [0.15, 0.2) is 24.3 Å². The fourth-order valence-corrected chi connectivity index (χ4v) is 2.24. The van der Waals surface area contributed by atoms with Gasteiger partial charge < -0.3 is 20.5 Å². The maximum Gasteiger partial charge on any atom is 0.241 e. The molecule has 1 aromatic carbocycles. The fourth-order valence-electron chi connectivity index (χ4n) is 2.24. The zero-order valence-electron chi connectivity index (χ0n) is 13.6. The van der Waals surface area contributed by atoms with Gasteiger partial charge in [-0.2, -0.15) is 5.10 Å². The van der Waals surface area contributed by atoms with Crippen LogP contribution in [0.25, 0.3) is 0 Å². The van der Waals surface area contributed by atoms with E-state index < -0.39 is 0 Å². The molecule has 7 heteroatoms. The topological polar surface area (TPSA) is 91.4 Å². The third kappa shape index (κ3) is 4.64.